The summed E-state index contributed by atoms with van der Waals surface area (Å²) in [5.41, 5.74) is 1.67. The third-order valence-electron chi connectivity index (χ3n) is 4.68. The minimum Gasteiger partial charge on any atom is -0.497 e. The van der Waals surface area contributed by atoms with Crippen molar-refractivity contribution >= 4 is 11.7 Å². The van der Waals surface area contributed by atoms with Crippen molar-refractivity contribution in [3.63, 3.8) is 0 Å². The molecule has 0 fully saturated rings. The number of methoxy groups -OCH3 is 1. The van der Waals surface area contributed by atoms with Crippen LogP contribution in [0.15, 0.2) is 48.5 Å². The molecule has 156 valence electrons. The number of amides is 1. The van der Waals surface area contributed by atoms with Gasteiger partial charge in [-0.3, -0.25) is 9.59 Å². The number of rotatable bonds is 11. The third kappa shape index (κ3) is 6.91. The smallest absolute Gasteiger partial charge is 0.220 e. The lowest BCUT2D eigenvalue weighted by Gasteiger charge is -2.25. The van der Waals surface area contributed by atoms with E-state index in [-0.39, 0.29) is 30.6 Å². The molecule has 6 heteroatoms. The molecule has 0 saturated carbocycles. The second kappa shape index (κ2) is 11.2. The first-order valence-corrected chi connectivity index (χ1v) is 9.77. The van der Waals surface area contributed by atoms with Crippen LogP contribution in [0.25, 0.3) is 0 Å². The summed E-state index contributed by atoms with van der Waals surface area (Å²) in [5, 5.41) is 2.94. The molecule has 29 heavy (non-hydrogen) atoms. The maximum atomic E-state index is 12.3. The van der Waals surface area contributed by atoms with Gasteiger partial charge in [0.1, 0.15) is 11.5 Å². The molecule has 0 radical (unpaired) electrons. The van der Waals surface area contributed by atoms with Crippen molar-refractivity contribution < 1.29 is 19.1 Å². The number of ether oxygens (including phenoxy) is 2. The van der Waals surface area contributed by atoms with E-state index in [1.165, 1.54) is 0 Å². The molecule has 0 spiro atoms. The predicted molar refractivity (Wildman–Crippen MR) is 114 cm³/mol. The van der Waals surface area contributed by atoms with Gasteiger partial charge >= 0.3 is 0 Å². The zero-order valence-corrected chi connectivity index (χ0v) is 17.6. The lowest BCUT2D eigenvalue weighted by Crippen LogP contribution is -2.34. The fourth-order valence-electron chi connectivity index (χ4n) is 3.00. The molecule has 0 aliphatic heterocycles. The van der Waals surface area contributed by atoms with Crippen molar-refractivity contribution in [3.05, 3.63) is 59.7 Å². The minimum absolute atomic E-state index is 0.0342. The van der Waals surface area contributed by atoms with Gasteiger partial charge < -0.3 is 19.7 Å². The van der Waals surface area contributed by atoms with Crippen LogP contribution in [0.2, 0.25) is 0 Å². The van der Waals surface area contributed by atoms with E-state index in [4.69, 9.17) is 9.47 Å². The Morgan fingerprint density at radius 1 is 0.966 bits per heavy atom. The third-order valence-corrected chi connectivity index (χ3v) is 4.68. The van der Waals surface area contributed by atoms with Gasteiger partial charge in [-0.15, -0.1) is 0 Å². The number of carbonyl (C=O) groups excluding carboxylic acids is 2. The first-order valence-electron chi connectivity index (χ1n) is 9.77. The molecule has 1 unspecified atom stereocenters. The molecule has 2 aromatic rings. The number of Topliss-reactive ketones (excluding diaryl/α,β-unsaturated/α-hetero) is 1. The number of nitrogens with zero attached hydrogens (tertiary/aromatic N) is 1. The molecule has 1 amide bonds. The van der Waals surface area contributed by atoms with Crippen LogP contribution < -0.4 is 14.8 Å². The average Bonchev–Trinajstić information content (AvgIpc) is 2.73. The maximum Gasteiger partial charge on any atom is 0.220 e. The fourth-order valence-corrected chi connectivity index (χ4v) is 3.00. The number of nitrogens with one attached hydrogen (secondary N) is 1. The van der Waals surface area contributed by atoms with Crippen LogP contribution in [-0.2, 0) is 4.79 Å². The van der Waals surface area contributed by atoms with E-state index in [0.717, 1.165) is 11.3 Å². The molecule has 1 atom stereocenters. The van der Waals surface area contributed by atoms with Crippen LogP contribution in [-0.4, -0.2) is 50.9 Å². The van der Waals surface area contributed by atoms with Gasteiger partial charge in [-0.05, 0) is 63.0 Å². The Morgan fingerprint density at radius 2 is 1.59 bits per heavy atom. The molecule has 2 rings (SSSR count). The molecule has 0 saturated heterocycles. The Bertz CT molecular complexity index is 786. The van der Waals surface area contributed by atoms with Crippen molar-refractivity contribution in [2.75, 3.05) is 34.4 Å². The highest BCUT2D eigenvalue weighted by molar-refractivity contribution is 5.98. The summed E-state index contributed by atoms with van der Waals surface area (Å²) in [4.78, 5) is 26.6. The summed E-state index contributed by atoms with van der Waals surface area (Å²) in [6, 6.07) is 14.8. The van der Waals surface area contributed by atoms with E-state index in [0.29, 0.717) is 24.5 Å². The second-order valence-electron chi connectivity index (χ2n) is 6.94. The van der Waals surface area contributed by atoms with Crippen LogP contribution in [0.4, 0.5) is 0 Å². The summed E-state index contributed by atoms with van der Waals surface area (Å²) >= 11 is 0. The zero-order chi connectivity index (χ0) is 21.2. The normalized spacial score (nSPS) is 11.8. The predicted octanol–water partition coefficient (Wildman–Crippen LogP) is 3.48. The van der Waals surface area contributed by atoms with Gasteiger partial charge in [0.05, 0.1) is 19.8 Å². The van der Waals surface area contributed by atoms with Gasteiger partial charge in [-0.2, -0.15) is 0 Å². The summed E-state index contributed by atoms with van der Waals surface area (Å²) in [6.07, 6.45) is 0.335. The van der Waals surface area contributed by atoms with E-state index in [9.17, 15) is 9.59 Å². The van der Waals surface area contributed by atoms with Crippen LogP contribution in [0.1, 0.15) is 41.7 Å². The summed E-state index contributed by atoms with van der Waals surface area (Å²) in [6.45, 7) is 3.05. The number of carbonyl (C=O) groups is 2. The molecule has 0 aromatic heterocycles. The Morgan fingerprint density at radius 3 is 2.14 bits per heavy atom. The van der Waals surface area contributed by atoms with Gasteiger partial charge in [0, 0.05) is 24.9 Å². The van der Waals surface area contributed by atoms with Crippen LogP contribution in [0.3, 0.4) is 0 Å². The van der Waals surface area contributed by atoms with E-state index in [1.54, 1.807) is 31.4 Å². The van der Waals surface area contributed by atoms with Crippen molar-refractivity contribution in [1.29, 1.82) is 0 Å². The molecule has 0 aliphatic rings. The van der Waals surface area contributed by atoms with E-state index >= 15 is 0 Å². The molecule has 0 bridgehead atoms. The van der Waals surface area contributed by atoms with Gasteiger partial charge in [0.25, 0.3) is 0 Å². The van der Waals surface area contributed by atoms with Crippen molar-refractivity contribution in [2.24, 2.45) is 0 Å². The summed E-state index contributed by atoms with van der Waals surface area (Å²) in [7, 11) is 5.52. The lowest BCUT2D eigenvalue weighted by molar-refractivity contribution is -0.121. The topological polar surface area (TPSA) is 67.9 Å². The van der Waals surface area contributed by atoms with Gasteiger partial charge in [-0.1, -0.05) is 12.1 Å². The molecule has 1 N–H and O–H groups in total. The Labute approximate surface area is 172 Å². The van der Waals surface area contributed by atoms with Gasteiger partial charge in [0.15, 0.2) is 5.78 Å². The molecular weight excluding hydrogens is 368 g/mol. The molecule has 2 aromatic carbocycles. The molecule has 6 nitrogen and oxygen atoms in total. The number of ketones is 1. The number of benzene rings is 2. The van der Waals surface area contributed by atoms with E-state index in [1.807, 2.05) is 45.3 Å². The van der Waals surface area contributed by atoms with E-state index in [2.05, 4.69) is 10.2 Å². The van der Waals surface area contributed by atoms with E-state index < -0.39 is 0 Å². The summed E-state index contributed by atoms with van der Waals surface area (Å²) in [5.74, 6) is 1.33. The Balaban J connectivity index is 1.85. The minimum atomic E-state index is -0.135. The van der Waals surface area contributed by atoms with Crippen molar-refractivity contribution in [3.8, 4) is 11.5 Å². The number of hydrogen-bond donors (Lipinski definition) is 1. The van der Waals surface area contributed by atoms with Crippen LogP contribution in [0.5, 0.6) is 11.5 Å². The fraction of sp³-hybridized carbons (Fsp3) is 0.391. The quantitative estimate of drug-likeness (QED) is 0.587. The highest BCUT2D eigenvalue weighted by Crippen LogP contribution is 2.21. The maximum absolute atomic E-state index is 12.3. The Hall–Kier alpha value is -2.86. The van der Waals surface area contributed by atoms with Gasteiger partial charge in [0.2, 0.25) is 5.91 Å². The molecule has 0 aliphatic carbocycles. The number of hydrogen-bond acceptors (Lipinski definition) is 5. The zero-order valence-electron chi connectivity index (χ0n) is 17.6. The molecular formula is C23H30N2O4. The standard InChI is InChI=1S/C23H30N2O4/c1-5-29-20-12-6-17(7-13-20)21(25(2)3)16-24-23(27)15-14-22(26)18-8-10-19(28-4)11-9-18/h6-13,21H,5,14-16H2,1-4H3,(H,24,27). The second-order valence-corrected chi connectivity index (χ2v) is 6.94. The van der Waals surface area contributed by atoms with Crippen LogP contribution in [0, 0.1) is 0 Å². The lowest BCUT2D eigenvalue weighted by atomic mass is 10.0. The van der Waals surface area contributed by atoms with Crippen molar-refractivity contribution in [1.82, 2.24) is 10.2 Å². The monoisotopic (exact) mass is 398 g/mol. The SMILES string of the molecule is CCOc1ccc(C(CNC(=O)CCC(=O)c2ccc(OC)cc2)N(C)C)cc1. The average molecular weight is 399 g/mol. The number of likely N-dealkylation sites (N-methyl/N-ethyl adjacent to an activating group) is 1. The highest BCUT2D eigenvalue weighted by atomic mass is 16.5. The largest absolute Gasteiger partial charge is 0.497 e. The first kappa shape index (κ1) is 22.4. The van der Waals surface area contributed by atoms with Crippen molar-refractivity contribution in [2.45, 2.75) is 25.8 Å². The summed E-state index contributed by atoms with van der Waals surface area (Å²) < 4.78 is 10.6. The van der Waals surface area contributed by atoms with Gasteiger partial charge in [-0.25, -0.2) is 0 Å². The molecule has 0 heterocycles. The first-order chi connectivity index (χ1) is 13.9. The Kier molecular flexibility index (Phi) is 8.68. The van der Waals surface area contributed by atoms with Crippen LogP contribution >= 0.6 is 0 Å². The highest BCUT2D eigenvalue weighted by Gasteiger charge is 2.16.